The van der Waals surface area contributed by atoms with Gasteiger partial charge in [0.05, 0.1) is 12.7 Å². The first-order valence-electron chi connectivity index (χ1n) is 7.59. The van der Waals surface area contributed by atoms with Crippen LogP contribution in [0, 0.1) is 11.7 Å². The van der Waals surface area contributed by atoms with E-state index in [1.807, 2.05) is 0 Å². The summed E-state index contributed by atoms with van der Waals surface area (Å²) in [6.07, 6.45) is 1.74. The highest BCUT2D eigenvalue weighted by Gasteiger charge is 2.25. The van der Waals surface area contributed by atoms with E-state index in [4.69, 9.17) is 4.74 Å². The highest BCUT2D eigenvalue weighted by Crippen LogP contribution is 2.21. The van der Waals surface area contributed by atoms with Gasteiger partial charge in [0.2, 0.25) is 0 Å². The number of rotatable bonds is 7. The first-order valence-corrected chi connectivity index (χ1v) is 7.59. The first-order chi connectivity index (χ1) is 9.94. The number of amides is 1. The second-order valence-corrected chi connectivity index (χ2v) is 5.67. The van der Waals surface area contributed by atoms with Crippen molar-refractivity contribution in [3.63, 3.8) is 0 Å². The molecule has 0 unspecified atom stereocenters. The smallest absolute Gasteiger partial charge is 0.257 e. The summed E-state index contributed by atoms with van der Waals surface area (Å²) in [6, 6.07) is 4.53. The first kappa shape index (κ1) is 17.5. The number of benzene rings is 1. The Kier molecular flexibility index (Phi) is 6.66. The Morgan fingerprint density at radius 3 is 2.33 bits per heavy atom. The highest BCUT2D eigenvalue weighted by atomic mass is 19.1. The number of hydrogen-bond donors (Lipinski definition) is 0. The van der Waals surface area contributed by atoms with Crippen molar-refractivity contribution in [2.45, 2.75) is 46.6 Å². The van der Waals surface area contributed by atoms with E-state index in [2.05, 4.69) is 27.7 Å². The second-order valence-electron chi connectivity index (χ2n) is 5.67. The topological polar surface area (TPSA) is 29.5 Å². The molecule has 1 amide bonds. The van der Waals surface area contributed by atoms with Gasteiger partial charge >= 0.3 is 0 Å². The number of ether oxygens (including phenoxy) is 1. The number of nitrogens with zero attached hydrogens (tertiary/aromatic N) is 1. The molecule has 3 nitrogen and oxygen atoms in total. The average Bonchev–Trinajstić information content (AvgIpc) is 2.46. The van der Waals surface area contributed by atoms with Crippen molar-refractivity contribution in [3.8, 4) is 5.75 Å². The van der Waals surface area contributed by atoms with Gasteiger partial charge in [-0.3, -0.25) is 4.79 Å². The van der Waals surface area contributed by atoms with Crippen LogP contribution in [-0.2, 0) is 0 Å². The molecule has 0 aliphatic carbocycles. The van der Waals surface area contributed by atoms with Crippen molar-refractivity contribution in [2.24, 2.45) is 5.92 Å². The van der Waals surface area contributed by atoms with Crippen LogP contribution in [-0.4, -0.2) is 30.5 Å². The molecule has 0 aliphatic heterocycles. The van der Waals surface area contributed by atoms with Gasteiger partial charge in [-0.05, 0) is 30.9 Å². The molecule has 0 aliphatic rings. The lowest BCUT2D eigenvalue weighted by Gasteiger charge is -2.32. The SMILES string of the molecule is CCC(CC)N(CC(C)C)C(=O)c1ccc(OC)cc1F. The zero-order chi connectivity index (χ0) is 16.0. The van der Waals surface area contributed by atoms with Gasteiger partial charge in [-0.1, -0.05) is 27.7 Å². The molecule has 1 rings (SSSR count). The molecule has 0 heterocycles. The van der Waals surface area contributed by atoms with Crippen molar-refractivity contribution in [1.82, 2.24) is 4.90 Å². The van der Waals surface area contributed by atoms with Crippen molar-refractivity contribution in [2.75, 3.05) is 13.7 Å². The molecule has 4 heteroatoms. The van der Waals surface area contributed by atoms with Gasteiger partial charge in [-0.2, -0.15) is 0 Å². The van der Waals surface area contributed by atoms with E-state index in [9.17, 15) is 9.18 Å². The van der Waals surface area contributed by atoms with Crippen LogP contribution < -0.4 is 4.74 Å². The lowest BCUT2D eigenvalue weighted by atomic mass is 10.0. The van der Waals surface area contributed by atoms with Gasteiger partial charge in [0.15, 0.2) is 0 Å². The highest BCUT2D eigenvalue weighted by molar-refractivity contribution is 5.94. The fraction of sp³-hybridized carbons (Fsp3) is 0.588. The molecule has 1 aromatic rings. The van der Waals surface area contributed by atoms with E-state index < -0.39 is 5.82 Å². The Morgan fingerprint density at radius 1 is 1.29 bits per heavy atom. The Balaban J connectivity index is 3.09. The van der Waals surface area contributed by atoms with E-state index >= 15 is 0 Å². The minimum absolute atomic E-state index is 0.114. The molecule has 0 N–H and O–H groups in total. The van der Waals surface area contributed by atoms with Crippen LogP contribution in [0.1, 0.15) is 50.9 Å². The fourth-order valence-electron chi connectivity index (χ4n) is 2.47. The van der Waals surface area contributed by atoms with Gasteiger partial charge < -0.3 is 9.64 Å². The van der Waals surface area contributed by atoms with E-state index in [1.54, 1.807) is 11.0 Å². The molecule has 0 saturated carbocycles. The van der Waals surface area contributed by atoms with E-state index in [-0.39, 0.29) is 17.5 Å². The molecule has 1 aromatic carbocycles. The maximum Gasteiger partial charge on any atom is 0.257 e. The molecule has 0 bridgehead atoms. The molecular formula is C17H26FNO2. The number of halogens is 1. The van der Waals surface area contributed by atoms with Gasteiger partial charge in [0.25, 0.3) is 5.91 Å². The van der Waals surface area contributed by atoms with Gasteiger partial charge in [-0.25, -0.2) is 4.39 Å². The lowest BCUT2D eigenvalue weighted by molar-refractivity contribution is 0.0635. The summed E-state index contributed by atoms with van der Waals surface area (Å²) in [6.45, 7) is 8.87. The average molecular weight is 295 g/mol. The minimum Gasteiger partial charge on any atom is -0.497 e. The van der Waals surface area contributed by atoms with E-state index in [0.717, 1.165) is 12.8 Å². The number of carbonyl (C=O) groups excluding carboxylic acids is 1. The maximum absolute atomic E-state index is 14.1. The predicted octanol–water partition coefficient (Wildman–Crippen LogP) is 4.12. The standard InChI is InChI=1S/C17H26FNO2/c1-6-13(7-2)19(11-12(3)4)17(20)15-9-8-14(21-5)10-16(15)18/h8-10,12-13H,6-7,11H2,1-5H3. The zero-order valence-corrected chi connectivity index (χ0v) is 13.6. The van der Waals surface area contributed by atoms with Crippen LogP contribution in [0.2, 0.25) is 0 Å². The molecule has 0 saturated heterocycles. The number of carbonyl (C=O) groups is 1. The molecule has 0 spiro atoms. The summed E-state index contributed by atoms with van der Waals surface area (Å²) < 4.78 is 19.1. The van der Waals surface area contributed by atoms with Gasteiger partial charge in [0.1, 0.15) is 11.6 Å². The van der Waals surface area contributed by atoms with Crippen LogP contribution in [0.25, 0.3) is 0 Å². The second kappa shape index (κ2) is 8.01. The molecule has 0 radical (unpaired) electrons. The van der Waals surface area contributed by atoms with Crippen LogP contribution >= 0.6 is 0 Å². The van der Waals surface area contributed by atoms with Gasteiger partial charge in [-0.15, -0.1) is 0 Å². The molecular weight excluding hydrogens is 269 g/mol. The fourth-order valence-corrected chi connectivity index (χ4v) is 2.47. The minimum atomic E-state index is -0.529. The normalized spacial score (nSPS) is 11.0. The van der Waals surface area contributed by atoms with Crippen LogP contribution in [0.5, 0.6) is 5.75 Å². The van der Waals surface area contributed by atoms with E-state index in [0.29, 0.717) is 18.2 Å². The summed E-state index contributed by atoms with van der Waals surface area (Å²) in [7, 11) is 1.48. The number of hydrogen-bond acceptors (Lipinski definition) is 2. The van der Waals surface area contributed by atoms with Crippen LogP contribution in [0.15, 0.2) is 18.2 Å². The van der Waals surface area contributed by atoms with Crippen molar-refractivity contribution >= 4 is 5.91 Å². The third kappa shape index (κ3) is 4.45. The molecule has 0 fully saturated rings. The monoisotopic (exact) mass is 295 g/mol. The number of methoxy groups -OCH3 is 1. The van der Waals surface area contributed by atoms with Crippen LogP contribution in [0.4, 0.5) is 4.39 Å². The maximum atomic E-state index is 14.1. The molecule has 0 atom stereocenters. The van der Waals surface area contributed by atoms with Crippen molar-refractivity contribution < 1.29 is 13.9 Å². The Bertz CT molecular complexity index is 470. The van der Waals surface area contributed by atoms with Gasteiger partial charge in [0, 0.05) is 18.7 Å². The molecule has 118 valence electrons. The predicted molar refractivity (Wildman–Crippen MR) is 83.2 cm³/mol. The Morgan fingerprint density at radius 2 is 1.90 bits per heavy atom. The summed E-state index contributed by atoms with van der Waals surface area (Å²) in [5.74, 6) is -0.00512. The summed E-state index contributed by atoms with van der Waals surface area (Å²) in [5, 5.41) is 0. The lowest BCUT2D eigenvalue weighted by Crippen LogP contribution is -2.42. The Labute approximate surface area is 127 Å². The third-order valence-corrected chi connectivity index (χ3v) is 3.61. The third-order valence-electron chi connectivity index (χ3n) is 3.61. The quantitative estimate of drug-likeness (QED) is 0.757. The zero-order valence-electron chi connectivity index (χ0n) is 13.6. The summed E-state index contributed by atoms with van der Waals surface area (Å²) in [4.78, 5) is 14.5. The Hall–Kier alpha value is -1.58. The van der Waals surface area contributed by atoms with Crippen molar-refractivity contribution in [1.29, 1.82) is 0 Å². The van der Waals surface area contributed by atoms with E-state index in [1.165, 1.54) is 19.2 Å². The molecule has 0 aromatic heterocycles. The molecule has 21 heavy (non-hydrogen) atoms. The summed E-state index contributed by atoms with van der Waals surface area (Å²) in [5.41, 5.74) is 0.114. The summed E-state index contributed by atoms with van der Waals surface area (Å²) >= 11 is 0. The van der Waals surface area contributed by atoms with Crippen LogP contribution in [0.3, 0.4) is 0 Å². The van der Waals surface area contributed by atoms with Crippen molar-refractivity contribution in [3.05, 3.63) is 29.6 Å². The largest absolute Gasteiger partial charge is 0.497 e.